The maximum atomic E-state index is 12.8. The van der Waals surface area contributed by atoms with Crippen molar-refractivity contribution in [3.63, 3.8) is 0 Å². The summed E-state index contributed by atoms with van der Waals surface area (Å²) in [6, 6.07) is 15.6. The minimum atomic E-state index is -0.291. The third-order valence-corrected chi connectivity index (χ3v) is 6.04. The second-order valence-electron chi connectivity index (χ2n) is 8.49. The Balaban J connectivity index is 1.49. The van der Waals surface area contributed by atoms with Gasteiger partial charge in [0.15, 0.2) is 0 Å². The highest BCUT2D eigenvalue weighted by Crippen LogP contribution is 2.26. The molecule has 0 saturated heterocycles. The molecular weight excluding hydrogens is 452 g/mol. The lowest BCUT2D eigenvalue weighted by Gasteiger charge is -2.24. The number of carbonyl (C=O) groups excluding carboxylic acids is 1. The van der Waals surface area contributed by atoms with Gasteiger partial charge in [-0.3, -0.25) is 4.79 Å². The zero-order valence-corrected chi connectivity index (χ0v) is 20.9. The normalized spacial score (nSPS) is 14.7. The molecule has 36 heavy (non-hydrogen) atoms. The van der Waals surface area contributed by atoms with Crippen LogP contribution in [0.15, 0.2) is 95.3 Å². The number of carbonyl (C=O) groups is 1. The molecule has 1 aliphatic carbocycles. The maximum Gasteiger partial charge on any atom is 0.210 e. The van der Waals surface area contributed by atoms with Gasteiger partial charge in [0.2, 0.25) is 5.78 Å². The first kappa shape index (κ1) is 24.8. The number of hydrogen-bond acceptors (Lipinski definition) is 7. The number of nitrogens with one attached hydrogen (secondary N) is 2. The van der Waals surface area contributed by atoms with Crippen LogP contribution in [0.25, 0.3) is 0 Å². The van der Waals surface area contributed by atoms with E-state index >= 15 is 0 Å². The number of aliphatic hydroxyl groups is 1. The molecule has 1 heterocycles. The second-order valence-corrected chi connectivity index (χ2v) is 8.49. The smallest absolute Gasteiger partial charge is 0.210 e. The van der Waals surface area contributed by atoms with E-state index < -0.39 is 0 Å². The topological polar surface area (TPSA) is 94.8 Å². The van der Waals surface area contributed by atoms with Gasteiger partial charge in [0, 0.05) is 61.2 Å². The molecule has 3 aromatic rings. The molecule has 0 spiro atoms. The summed E-state index contributed by atoms with van der Waals surface area (Å²) in [7, 11) is 0. The number of Topliss-reactive ketones (excluding diaryl/α,β-unsaturated/α-hetero) is 1. The molecule has 8 heteroatoms. The number of rotatable bonds is 10. The summed E-state index contributed by atoms with van der Waals surface area (Å²) in [6.07, 6.45) is 7.16. The van der Waals surface area contributed by atoms with Gasteiger partial charge >= 0.3 is 0 Å². The number of hydrogen-bond donors (Lipinski definition) is 3. The molecule has 0 amide bonds. The van der Waals surface area contributed by atoms with Gasteiger partial charge in [-0.2, -0.15) is 0 Å². The van der Waals surface area contributed by atoms with E-state index in [1.807, 2.05) is 68.0 Å². The van der Waals surface area contributed by atoms with E-state index in [2.05, 4.69) is 37.0 Å². The van der Waals surface area contributed by atoms with E-state index in [0.717, 1.165) is 43.2 Å². The molecule has 1 aromatic heterocycles. The van der Waals surface area contributed by atoms with Gasteiger partial charge < -0.3 is 25.2 Å². The minimum Gasteiger partial charge on any atom is -0.505 e. The second kappa shape index (κ2) is 11.4. The van der Waals surface area contributed by atoms with Crippen molar-refractivity contribution < 1.29 is 9.90 Å². The molecular formula is C28H32N6O2. The quantitative estimate of drug-likeness (QED) is 0.337. The Morgan fingerprint density at radius 3 is 2.42 bits per heavy atom. The molecule has 4 rings (SSSR count). The summed E-state index contributed by atoms with van der Waals surface area (Å²) in [6.45, 7) is 9.20. The van der Waals surface area contributed by atoms with Gasteiger partial charge in [0.25, 0.3) is 0 Å². The molecule has 1 aliphatic rings. The van der Waals surface area contributed by atoms with E-state index in [1.165, 1.54) is 0 Å². The summed E-state index contributed by atoms with van der Waals surface area (Å²) in [4.78, 5) is 23.7. The summed E-state index contributed by atoms with van der Waals surface area (Å²) in [5.74, 6) is -0.360. The van der Waals surface area contributed by atoms with E-state index in [4.69, 9.17) is 0 Å². The molecule has 0 fully saturated rings. The number of benzene rings is 2. The largest absolute Gasteiger partial charge is 0.505 e. The fraction of sp³-hybridized carbons (Fsp3) is 0.250. The predicted molar refractivity (Wildman–Crippen MR) is 146 cm³/mol. The lowest BCUT2D eigenvalue weighted by molar-refractivity contribution is -0.109. The predicted octanol–water partition coefficient (Wildman–Crippen LogP) is 5.32. The zero-order valence-electron chi connectivity index (χ0n) is 20.9. The van der Waals surface area contributed by atoms with Crippen molar-refractivity contribution in [2.45, 2.75) is 27.3 Å². The highest BCUT2D eigenvalue weighted by Gasteiger charge is 2.24. The average molecular weight is 485 g/mol. The molecule has 0 saturated carbocycles. The van der Waals surface area contributed by atoms with Gasteiger partial charge in [-0.25, -0.2) is 9.98 Å². The van der Waals surface area contributed by atoms with Crippen LogP contribution in [0.1, 0.15) is 20.8 Å². The fourth-order valence-electron chi connectivity index (χ4n) is 3.98. The third-order valence-electron chi connectivity index (χ3n) is 6.04. The average Bonchev–Trinajstić information content (AvgIpc) is 3.42. The Labute approximate surface area is 211 Å². The molecule has 0 bridgehead atoms. The van der Waals surface area contributed by atoms with Crippen LogP contribution < -0.4 is 15.5 Å². The van der Waals surface area contributed by atoms with Gasteiger partial charge in [-0.15, -0.1) is 0 Å². The maximum absolute atomic E-state index is 12.8. The fourth-order valence-corrected chi connectivity index (χ4v) is 3.98. The van der Waals surface area contributed by atoms with E-state index in [1.54, 1.807) is 19.2 Å². The van der Waals surface area contributed by atoms with Crippen molar-refractivity contribution in [3.8, 4) is 0 Å². The molecule has 0 radical (unpaired) electrons. The number of anilines is 3. The van der Waals surface area contributed by atoms with Crippen LogP contribution in [-0.2, 0) is 11.3 Å². The monoisotopic (exact) mass is 484 g/mol. The number of ketones is 1. The zero-order chi connectivity index (χ0) is 25.5. The number of aromatic nitrogens is 2. The van der Waals surface area contributed by atoms with Crippen molar-refractivity contribution in [1.82, 2.24) is 9.55 Å². The van der Waals surface area contributed by atoms with Crippen molar-refractivity contribution in [2.75, 3.05) is 35.2 Å². The third kappa shape index (κ3) is 5.83. The highest BCUT2D eigenvalue weighted by molar-refractivity contribution is 6.51. The number of aliphatic hydroxyl groups excluding tert-OH is 1. The van der Waals surface area contributed by atoms with Crippen LogP contribution in [0.4, 0.5) is 22.7 Å². The Hall–Kier alpha value is -4.33. The van der Waals surface area contributed by atoms with Gasteiger partial charge in [-0.1, -0.05) is 0 Å². The molecule has 2 aromatic carbocycles. The number of nitrogens with zero attached hydrogens (tertiary/aromatic N) is 4. The Bertz CT molecular complexity index is 1270. The van der Waals surface area contributed by atoms with E-state index in [0.29, 0.717) is 11.4 Å². The number of aliphatic imine (C=N–C) groups is 1. The first-order valence-electron chi connectivity index (χ1n) is 12.2. The van der Waals surface area contributed by atoms with Crippen LogP contribution in [0, 0.1) is 0 Å². The molecule has 8 nitrogen and oxygen atoms in total. The molecule has 0 unspecified atom stereocenters. The number of likely N-dealkylation sites (N-methyl/N-ethyl adjacent to an activating group) is 1. The van der Waals surface area contributed by atoms with E-state index in [9.17, 15) is 9.90 Å². The van der Waals surface area contributed by atoms with Crippen LogP contribution in [-0.4, -0.2) is 45.8 Å². The Kier molecular flexibility index (Phi) is 7.85. The summed E-state index contributed by atoms with van der Waals surface area (Å²) >= 11 is 0. The Morgan fingerprint density at radius 1 is 1.06 bits per heavy atom. The first-order valence-corrected chi connectivity index (χ1v) is 12.2. The van der Waals surface area contributed by atoms with Gasteiger partial charge in [-0.05, 0) is 75.4 Å². The molecule has 0 aliphatic heterocycles. The van der Waals surface area contributed by atoms with Gasteiger partial charge in [0.1, 0.15) is 11.5 Å². The molecule has 0 atom stereocenters. The van der Waals surface area contributed by atoms with Gasteiger partial charge in [0.05, 0.1) is 17.7 Å². The first-order chi connectivity index (χ1) is 17.5. The standard InChI is InChI=1S/C28H32N6O2/c1-4-30-21-6-8-22(9-7-21)31-25-18-26(28(36)20(3)27(25)35)32-23-10-12-24(13-11-23)34(5-2)17-16-33-15-14-29-19-33/h6-15,18-19,30,32,36H,4-5,16-17H2,1-3H3. The Morgan fingerprint density at radius 2 is 1.78 bits per heavy atom. The van der Waals surface area contributed by atoms with Crippen molar-refractivity contribution in [1.29, 1.82) is 0 Å². The molecule has 186 valence electrons. The van der Waals surface area contributed by atoms with Crippen LogP contribution in [0.5, 0.6) is 0 Å². The van der Waals surface area contributed by atoms with Crippen molar-refractivity contribution >= 4 is 34.2 Å². The summed E-state index contributed by atoms with van der Waals surface area (Å²) in [5, 5.41) is 17.1. The van der Waals surface area contributed by atoms with E-state index in [-0.39, 0.29) is 22.8 Å². The number of allylic oxidation sites excluding steroid dienone is 2. The minimum absolute atomic E-state index is 0.0685. The van der Waals surface area contributed by atoms with Crippen LogP contribution in [0.2, 0.25) is 0 Å². The lowest BCUT2D eigenvalue weighted by Crippen LogP contribution is -2.26. The summed E-state index contributed by atoms with van der Waals surface area (Å²) < 4.78 is 2.06. The van der Waals surface area contributed by atoms with Crippen molar-refractivity contribution in [3.05, 3.63) is 90.4 Å². The van der Waals surface area contributed by atoms with Crippen LogP contribution in [0.3, 0.4) is 0 Å². The SMILES string of the molecule is CCNc1ccc(N=C2C=C(Nc3ccc(N(CC)CCn4ccnc4)cc3)C(O)=C(C)C2=O)cc1. The lowest BCUT2D eigenvalue weighted by atomic mass is 9.99. The summed E-state index contributed by atoms with van der Waals surface area (Å²) in [5.41, 5.74) is 4.55. The van der Waals surface area contributed by atoms with Crippen LogP contribution >= 0.6 is 0 Å². The highest BCUT2D eigenvalue weighted by atomic mass is 16.3. The number of imidazole rings is 1. The molecule has 3 N–H and O–H groups in total. The van der Waals surface area contributed by atoms with Crippen molar-refractivity contribution in [2.24, 2.45) is 4.99 Å².